The van der Waals surface area contributed by atoms with E-state index in [1.54, 1.807) is 13.8 Å². The number of carbonyl (C=O) groups is 3. The van der Waals surface area contributed by atoms with Gasteiger partial charge in [0.25, 0.3) is 0 Å². The Morgan fingerprint density at radius 3 is 2.19 bits per heavy atom. The van der Waals surface area contributed by atoms with Crippen molar-refractivity contribution in [1.29, 1.82) is 0 Å². The lowest BCUT2D eigenvalue weighted by Crippen LogP contribution is -2.50. The molecule has 7 heteroatoms. The van der Waals surface area contributed by atoms with Crippen LogP contribution in [0.15, 0.2) is 0 Å². The van der Waals surface area contributed by atoms with Crippen LogP contribution in [0.1, 0.15) is 13.8 Å². The Labute approximate surface area is 93.6 Å². The van der Waals surface area contributed by atoms with Gasteiger partial charge in [0.1, 0.15) is 12.6 Å². The van der Waals surface area contributed by atoms with Crippen molar-refractivity contribution in [1.82, 2.24) is 10.2 Å². The first-order chi connectivity index (χ1) is 7.25. The average molecular weight is 231 g/mol. The van der Waals surface area contributed by atoms with Crippen molar-refractivity contribution in [2.24, 2.45) is 11.7 Å². The second-order valence-corrected chi connectivity index (χ2v) is 3.83. The highest BCUT2D eigenvalue weighted by Gasteiger charge is 2.24. The normalized spacial score (nSPS) is 12.0. The number of aliphatic carboxylic acids is 1. The lowest BCUT2D eigenvalue weighted by Gasteiger charge is -2.22. The van der Waals surface area contributed by atoms with Gasteiger partial charge < -0.3 is 21.1 Å². The molecule has 0 spiro atoms. The van der Waals surface area contributed by atoms with Crippen LogP contribution in [0.5, 0.6) is 0 Å². The Morgan fingerprint density at radius 1 is 1.38 bits per heavy atom. The van der Waals surface area contributed by atoms with Crippen LogP contribution in [0.2, 0.25) is 0 Å². The summed E-state index contributed by atoms with van der Waals surface area (Å²) in [6.45, 7) is 3.09. The molecule has 3 amide bonds. The quantitative estimate of drug-likeness (QED) is 0.576. The molecule has 0 saturated carbocycles. The SMILES string of the molecule is CC(C)C(NC(=O)N(C)CC(N)=O)C(=O)O. The molecule has 0 aliphatic heterocycles. The maximum absolute atomic E-state index is 11.4. The standard InChI is InChI=1S/C9H17N3O4/c1-5(2)7(8(14)15)11-9(16)12(3)4-6(10)13/h5,7H,4H2,1-3H3,(H2,10,13)(H,11,16)(H,14,15). The highest BCUT2D eigenvalue weighted by Crippen LogP contribution is 2.02. The van der Waals surface area contributed by atoms with Crippen molar-refractivity contribution >= 4 is 17.9 Å². The van der Waals surface area contributed by atoms with Crippen LogP contribution in [0.3, 0.4) is 0 Å². The van der Waals surface area contributed by atoms with Gasteiger partial charge in [-0.1, -0.05) is 13.8 Å². The van der Waals surface area contributed by atoms with E-state index in [1.165, 1.54) is 7.05 Å². The summed E-state index contributed by atoms with van der Waals surface area (Å²) in [5, 5.41) is 11.1. The van der Waals surface area contributed by atoms with Crippen molar-refractivity contribution < 1.29 is 19.5 Å². The number of nitrogens with zero attached hydrogens (tertiary/aromatic N) is 1. The maximum Gasteiger partial charge on any atom is 0.326 e. The summed E-state index contributed by atoms with van der Waals surface area (Å²) in [5.74, 6) is -2.02. The van der Waals surface area contributed by atoms with Gasteiger partial charge in [-0.05, 0) is 5.92 Å². The van der Waals surface area contributed by atoms with Crippen molar-refractivity contribution in [3.8, 4) is 0 Å². The number of carbonyl (C=O) groups excluding carboxylic acids is 2. The number of amides is 3. The highest BCUT2D eigenvalue weighted by atomic mass is 16.4. The fourth-order valence-corrected chi connectivity index (χ4v) is 1.06. The predicted octanol–water partition coefficient (Wildman–Crippen LogP) is -0.778. The van der Waals surface area contributed by atoms with E-state index >= 15 is 0 Å². The van der Waals surface area contributed by atoms with Gasteiger partial charge in [-0.15, -0.1) is 0 Å². The molecule has 0 aromatic carbocycles. The second-order valence-electron chi connectivity index (χ2n) is 3.83. The topological polar surface area (TPSA) is 113 Å². The molecule has 0 aromatic heterocycles. The van der Waals surface area contributed by atoms with Crippen molar-refractivity contribution in [3.63, 3.8) is 0 Å². The minimum absolute atomic E-state index is 0.247. The number of hydrogen-bond acceptors (Lipinski definition) is 3. The van der Waals surface area contributed by atoms with E-state index in [2.05, 4.69) is 5.32 Å². The number of carboxylic acid groups (broad SMARTS) is 1. The Morgan fingerprint density at radius 2 is 1.88 bits per heavy atom. The van der Waals surface area contributed by atoms with E-state index in [1.807, 2.05) is 0 Å². The zero-order valence-corrected chi connectivity index (χ0v) is 9.56. The monoisotopic (exact) mass is 231 g/mol. The Kier molecular flexibility index (Phi) is 5.27. The highest BCUT2D eigenvalue weighted by molar-refractivity contribution is 5.86. The van der Waals surface area contributed by atoms with E-state index in [0.717, 1.165) is 4.90 Å². The molecule has 4 N–H and O–H groups in total. The van der Waals surface area contributed by atoms with E-state index in [0.29, 0.717) is 0 Å². The van der Waals surface area contributed by atoms with Crippen LogP contribution in [0, 0.1) is 5.92 Å². The first-order valence-corrected chi connectivity index (χ1v) is 4.78. The summed E-state index contributed by atoms with van der Waals surface area (Å²) in [6, 6.07) is -1.62. The first-order valence-electron chi connectivity index (χ1n) is 4.78. The van der Waals surface area contributed by atoms with E-state index in [4.69, 9.17) is 10.8 Å². The third kappa shape index (κ3) is 4.63. The van der Waals surface area contributed by atoms with Gasteiger partial charge in [-0.3, -0.25) is 4.79 Å². The molecule has 0 aliphatic rings. The average Bonchev–Trinajstić information content (AvgIpc) is 2.11. The zero-order chi connectivity index (χ0) is 12.9. The number of primary amides is 1. The van der Waals surface area contributed by atoms with Crippen LogP contribution in [0.25, 0.3) is 0 Å². The minimum Gasteiger partial charge on any atom is -0.480 e. The van der Waals surface area contributed by atoms with Crippen LogP contribution >= 0.6 is 0 Å². The zero-order valence-electron chi connectivity index (χ0n) is 9.56. The molecule has 0 radical (unpaired) electrons. The third-order valence-electron chi connectivity index (χ3n) is 1.95. The van der Waals surface area contributed by atoms with E-state index in [-0.39, 0.29) is 12.5 Å². The lowest BCUT2D eigenvalue weighted by molar-refractivity contribution is -0.140. The summed E-state index contributed by atoms with van der Waals surface area (Å²) in [7, 11) is 1.36. The molecule has 16 heavy (non-hydrogen) atoms. The Hall–Kier alpha value is -1.79. The largest absolute Gasteiger partial charge is 0.480 e. The maximum atomic E-state index is 11.4. The van der Waals surface area contributed by atoms with E-state index < -0.39 is 23.9 Å². The Bertz CT molecular complexity index is 290. The molecule has 7 nitrogen and oxygen atoms in total. The smallest absolute Gasteiger partial charge is 0.326 e. The molecular weight excluding hydrogens is 214 g/mol. The van der Waals surface area contributed by atoms with Crippen molar-refractivity contribution in [3.05, 3.63) is 0 Å². The Balaban J connectivity index is 4.40. The summed E-state index contributed by atoms with van der Waals surface area (Å²) in [6.07, 6.45) is 0. The summed E-state index contributed by atoms with van der Waals surface area (Å²) in [5.41, 5.74) is 4.90. The molecule has 0 saturated heterocycles. The van der Waals surface area contributed by atoms with Gasteiger partial charge in [0, 0.05) is 7.05 Å². The number of carboxylic acids is 1. The summed E-state index contributed by atoms with van der Waals surface area (Å²) >= 11 is 0. The molecule has 0 aromatic rings. The molecule has 0 rings (SSSR count). The predicted molar refractivity (Wildman–Crippen MR) is 56.6 cm³/mol. The van der Waals surface area contributed by atoms with Crippen LogP contribution in [-0.4, -0.2) is 47.5 Å². The number of rotatable bonds is 5. The van der Waals surface area contributed by atoms with Gasteiger partial charge in [-0.2, -0.15) is 0 Å². The van der Waals surface area contributed by atoms with Gasteiger partial charge >= 0.3 is 12.0 Å². The van der Waals surface area contributed by atoms with Gasteiger partial charge in [0.05, 0.1) is 0 Å². The van der Waals surface area contributed by atoms with Crippen LogP contribution in [0.4, 0.5) is 4.79 Å². The minimum atomic E-state index is -1.11. The number of urea groups is 1. The third-order valence-corrected chi connectivity index (χ3v) is 1.95. The summed E-state index contributed by atoms with van der Waals surface area (Å²) < 4.78 is 0. The molecule has 1 atom stereocenters. The van der Waals surface area contributed by atoms with Crippen LogP contribution < -0.4 is 11.1 Å². The van der Waals surface area contributed by atoms with Gasteiger partial charge in [0.15, 0.2) is 0 Å². The molecule has 92 valence electrons. The number of likely N-dealkylation sites (N-methyl/N-ethyl adjacent to an activating group) is 1. The molecule has 1 unspecified atom stereocenters. The number of hydrogen-bond donors (Lipinski definition) is 3. The van der Waals surface area contributed by atoms with Crippen molar-refractivity contribution in [2.45, 2.75) is 19.9 Å². The number of nitrogens with one attached hydrogen (secondary N) is 1. The van der Waals surface area contributed by atoms with Gasteiger partial charge in [-0.25, -0.2) is 9.59 Å². The fraction of sp³-hybridized carbons (Fsp3) is 0.667. The van der Waals surface area contributed by atoms with Gasteiger partial charge in [0.2, 0.25) is 5.91 Å². The second kappa shape index (κ2) is 5.94. The molecule has 0 bridgehead atoms. The molecular formula is C9H17N3O4. The molecule has 0 aliphatic carbocycles. The number of nitrogens with two attached hydrogens (primary N) is 1. The van der Waals surface area contributed by atoms with Crippen molar-refractivity contribution in [2.75, 3.05) is 13.6 Å². The van der Waals surface area contributed by atoms with Crippen LogP contribution in [-0.2, 0) is 9.59 Å². The molecule has 0 heterocycles. The first kappa shape index (κ1) is 14.2. The summed E-state index contributed by atoms with van der Waals surface area (Å²) in [4.78, 5) is 33.8. The lowest BCUT2D eigenvalue weighted by atomic mass is 10.1. The van der Waals surface area contributed by atoms with E-state index in [9.17, 15) is 14.4 Å². The fourth-order valence-electron chi connectivity index (χ4n) is 1.06. The molecule has 0 fully saturated rings.